The van der Waals surface area contributed by atoms with Crippen LogP contribution in [0.1, 0.15) is 12.5 Å². The molecule has 1 rings (SSSR count). The lowest BCUT2D eigenvalue weighted by Gasteiger charge is -1.99. The van der Waals surface area contributed by atoms with E-state index in [2.05, 4.69) is 0 Å². The van der Waals surface area contributed by atoms with Crippen LogP contribution in [0.15, 0.2) is 24.3 Å². The third-order valence-corrected chi connectivity index (χ3v) is 1.50. The van der Waals surface area contributed by atoms with Crippen molar-refractivity contribution in [2.75, 3.05) is 6.54 Å². The first-order chi connectivity index (χ1) is 5.72. The van der Waals surface area contributed by atoms with Gasteiger partial charge in [-0.25, -0.2) is 4.74 Å². The second kappa shape index (κ2) is 3.76. The third-order valence-electron chi connectivity index (χ3n) is 1.50. The van der Waals surface area contributed by atoms with E-state index in [-0.39, 0.29) is 5.75 Å². The molecule has 0 aromatic heterocycles. The Morgan fingerprint density at radius 2 is 2.00 bits per heavy atom. The molecule has 1 aromatic carbocycles. The molecule has 1 aromatic rings. The van der Waals surface area contributed by atoms with Crippen LogP contribution in [0.5, 0.6) is 5.75 Å². The zero-order valence-electron chi connectivity index (χ0n) is 6.90. The normalized spacial score (nSPS) is 11.6. The molecule has 0 saturated heterocycles. The van der Waals surface area contributed by atoms with Crippen molar-refractivity contribution in [1.82, 2.24) is 0 Å². The second-order valence-corrected chi connectivity index (χ2v) is 2.45. The molecule has 0 bridgehead atoms. The molecule has 0 radical (unpaired) electrons. The second-order valence-electron chi connectivity index (χ2n) is 2.45. The average molecular weight is 165 g/mol. The van der Waals surface area contributed by atoms with Crippen LogP contribution in [0.4, 0.5) is 0 Å². The molecule has 3 nitrogen and oxygen atoms in total. The van der Waals surface area contributed by atoms with Crippen LogP contribution < -0.4 is 0 Å². The number of rotatable bonds is 2. The van der Waals surface area contributed by atoms with Gasteiger partial charge in [-0.1, -0.05) is 0 Å². The SMILES string of the molecule is CC/[N+]([O-])=C\c1ccc(O)cc1. The van der Waals surface area contributed by atoms with Gasteiger partial charge in [0.1, 0.15) is 5.75 Å². The number of hydrogen-bond acceptors (Lipinski definition) is 2. The zero-order chi connectivity index (χ0) is 8.97. The molecule has 12 heavy (non-hydrogen) atoms. The molecule has 3 heteroatoms. The highest BCUT2D eigenvalue weighted by Crippen LogP contribution is 2.07. The number of benzene rings is 1. The Bertz CT molecular complexity index is 277. The predicted octanol–water partition coefficient (Wildman–Crippen LogP) is 1.34. The van der Waals surface area contributed by atoms with E-state index in [1.165, 1.54) is 6.21 Å². The molecule has 0 spiro atoms. The Labute approximate surface area is 71.2 Å². The Morgan fingerprint density at radius 1 is 1.42 bits per heavy atom. The van der Waals surface area contributed by atoms with Crippen LogP contribution in [-0.2, 0) is 0 Å². The molecular weight excluding hydrogens is 154 g/mol. The van der Waals surface area contributed by atoms with Crippen LogP contribution >= 0.6 is 0 Å². The molecule has 0 atom stereocenters. The van der Waals surface area contributed by atoms with Crippen LogP contribution in [0.25, 0.3) is 0 Å². The first-order valence-corrected chi connectivity index (χ1v) is 3.80. The predicted molar refractivity (Wildman–Crippen MR) is 47.4 cm³/mol. The standard InChI is InChI=1S/C9H11NO2/c1-2-10(12)7-8-3-5-9(11)6-4-8/h3-7,11H,2H2,1H3/b10-7+. The van der Waals surface area contributed by atoms with E-state index in [4.69, 9.17) is 5.11 Å². The van der Waals surface area contributed by atoms with Crippen LogP contribution in [-0.4, -0.2) is 22.6 Å². The summed E-state index contributed by atoms with van der Waals surface area (Å²) in [5.41, 5.74) is 0.796. The zero-order valence-corrected chi connectivity index (χ0v) is 6.90. The van der Waals surface area contributed by atoms with Crippen molar-refractivity contribution in [3.8, 4) is 5.75 Å². The first-order valence-electron chi connectivity index (χ1n) is 3.80. The lowest BCUT2D eigenvalue weighted by molar-refractivity contribution is -0.447. The van der Waals surface area contributed by atoms with Crippen molar-refractivity contribution >= 4 is 6.21 Å². The van der Waals surface area contributed by atoms with Crippen molar-refractivity contribution in [2.24, 2.45) is 0 Å². The fourth-order valence-corrected chi connectivity index (χ4v) is 0.818. The lowest BCUT2D eigenvalue weighted by Crippen LogP contribution is -2.03. The van der Waals surface area contributed by atoms with Gasteiger partial charge in [0.15, 0.2) is 12.8 Å². The molecule has 0 fully saturated rings. The smallest absolute Gasteiger partial charge is 0.181 e. The Kier molecular flexibility index (Phi) is 2.69. The molecule has 0 amide bonds. The molecule has 0 unspecified atom stereocenters. The van der Waals surface area contributed by atoms with E-state index in [9.17, 15) is 5.21 Å². The number of nitrogens with zero attached hydrogens (tertiary/aromatic N) is 1. The van der Waals surface area contributed by atoms with Gasteiger partial charge in [-0.3, -0.25) is 0 Å². The monoisotopic (exact) mass is 165 g/mol. The molecule has 0 saturated carbocycles. The fourth-order valence-electron chi connectivity index (χ4n) is 0.818. The average Bonchev–Trinajstić information content (AvgIpc) is 2.09. The number of hydroxylamine groups is 1. The van der Waals surface area contributed by atoms with Gasteiger partial charge in [0.2, 0.25) is 0 Å². The minimum Gasteiger partial charge on any atom is -0.624 e. The van der Waals surface area contributed by atoms with Crippen molar-refractivity contribution in [3.05, 3.63) is 35.0 Å². The van der Waals surface area contributed by atoms with Gasteiger partial charge >= 0.3 is 0 Å². The minimum absolute atomic E-state index is 0.209. The van der Waals surface area contributed by atoms with Gasteiger partial charge < -0.3 is 10.3 Å². The van der Waals surface area contributed by atoms with E-state index in [0.717, 1.165) is 10.3 Å². The topological polar surface area (TPSA) is 46.3 Å². The molecule has 64 valence electrons. The number of hydrogen-bond donors (Lipinski definition) is 1. The maximum absolute atomic E-state index is 10.9. The molecular formula is C9H11NO2. The Hall–Kier alpha value is -1.51. The summed E-state index contributed by atoms with van der Waals surface area (Å²) in [4.78, 5) is 0. The van der Waals surface area contributed by atoms with E-state index < -0.39 is 0 Å². The van der Waals surface area contributed by atoms with E-state index >= 15 is 0 Å². The summed E-state index contributed by atoms with van der Waals surface area (Å²) in [6, 6.07) is 6.48. The van der Waals surface area contributed by atoms with Gasteiger partial charge in [0.25, 0.3) is 0 Å². The lowest BCUT2D eigenvalue weighted by atomic mass is 10.2. The Balaban J connectivity index is 2.84. The number of phenols is 1. The van der Waals surface area contributed by atoms with Gasteiger partial charge in [-0.2, -0.15) is 0 Å². The molecule has 0 aliphatic carbocycles. The van der Waals surface area contributed by atoms with Crippen molar-refractivity contribution in [3.63, 3.8) is 0 Å². The summed E-state index contributed by atoms with van der Waals surface area (Å²) in [5.74, 6) is 0.209. The summed E-state index contributed by atoms with van der Waals surface area (Å²) < 4.78 is 0.840. The summed E-state index contributed by atoms with van der Waals surface area (Å²) in [5, 5.41) is 19.8. The van der Waals surface area contributed by atoms with Crippen molar-refractivity contribution < 1.29 is 9.85 Å². The van der Waals surface area contributed by atoms with Gasteiger partial charge in [-0.05, 0) is 31.2 Å². The largest absolute Gasteiger partial charge is 0.624 e. The Morgan fingerprint density at radius 3 is 2.50 bits per heavy atom. The summed E-state index contributed by atoms with van der Waals surface area (Å²) in [6.07, 6.45) is 1.49. The quantitative estimate of drug-likeness (QED) is 0.311. The van der Waals surface area contributed by atoms with Gasteiger partial charge in [0.05, 0.1) is 0 Å². The maximum Gasteiger partial charge on any atom is 0.181 e. The maximum atomic E-state index is 10.9. The van der Waals surface area contributed by atoms with Crippen molar-refractivity contribution in [2.45, 2.75) is 6.92 Å². The highest BCUT2D eigenvalue weighted by molar-refractivity contribution is 5.75. The van der Waals surface area contributed by atoms with E-state index in [0.29, 0.717) is 6.54 Å². The molecule has 0 aliphatic rings. The fraction of sp³-hybridized carbons (Fsp3) is 0.222. The first kappa shape index (κ1) is 8.59. The minimum atomic E-state index is 0.209. The van der Waals surface area contributed by atoms with E-state index in [1.807, 2.05) is 0 Å². The third kappa shape index (κ3) is 2.27. The van der Waals surface area contributed by atoms with Gasteiger partial charge in [0, 0.05) is 5.56 Å². The van der Waals surface area contributed by atoms with Crippen LogP contribution in [0.3, 0.4) is 0 Å². The van der Waals surface area contributed by atoms with E-state index in [1.54, 1.807) is 31.2 Å². The molecule has 0 heterocycles. The number of aromatic hydroxyl groups is 1. The summed E-state index contributed by atoms with van der Waals surface area (Å²) in [7, 11) is 0. The van der Waals surface area contributed by atoms with Gasteiger partial charge in [-0.15, -0.1) is 0 Å². The highest BCUT2D eigenvalue weighted by Gasteiger charge is 1.92. The highest BCUT2D eigenvalue weighted by atomic mass is 16.5. The molecule has 1 N–H and O–H groups in total. The van der Waals surface area contributed by atoms with Crippen LogP contribution in [0.2, 0.25) is 0 Å². The van der Waals surface area contributed by atoms with Crippen LogP contribution in [0, 0.1) is 5.21 Å². The van der Waals surface area contributed by atoms with Crippen molar-refractivity contribution in [1.29, 1.82) is 0 Å². The summed E-state index contributed by atoms with van der Waals surface area (Å²) >= 11 is 0. The molecule has 0 aliphatic heterocycles. The number of phenolic OH excluding ortho intramolecular Hbond substituents is 1. The summed E-state index contributed by atoms with van der Waals surface area (Å²) in [6.45, 7) is 2.21.